The average Bonchev–Trinajstić information content (AvgIpc) is 1.35. The second kappa shape index (κ2) is 3.08. The molecule has 0 aliphatic heterocycles. The molecule has 0 rings (SSSR count). The molecule has 6 heavy (non-hydrogen) atoms. The molecule has 3 heteroatoms. The maximum atomic E-state index is 9.35. The van der Waals surface area contributed by atoms with Gasteiger partial charge in [0.1, 0.15) is 0 Å². The molecule has 0 amide bonds. The zero-order valence-corrected chi connectivity index (χ0v) is 3.51. The van der Waals surface area contributed by atoms with Gasteiger partial charge in [-0.1, -0.05) is 0 Å². The summed E-state index contributed by atoms with van der Waals surface area (Å²) in [6.07, 6.45) is 0. The van der Waals surface area contributed by atoms with Crippen molar-refractivity contribution in [3.8, 4) is 0 Å². The fourth-order valence-electron chi connectivity index (χ4n) is 0.136. The molecule has 2 radical (unpaired) electrons. The molecular formula is C3H6O3. The summed E-state index contributed by atoms with van der Waals surface area (Å²) in [7, 11) is 0. The van der Waals surface area contributed by atoms with Crippen LogP contribution >= 0.6 is 0 Å². The first-order valence-corrected chi connectivity index (χ1v) is 1.70. The Bertz CT molecular complexity index is 27.2. The lowest BCUT2D eigenvalue weighted by molar-refractivity contribution is -0.294. The van der Waals surface area contributed by atoms with Crippen LogP contribution in [0.15, 0.2) is 0 Å². The van der Waals surface area contributed by atoms with Gasteiger partial charge >= 0.3 is 6.48 Å². The largest absolute Gasteiger partial charge is 0.329 e. The van der Waals surface area contributed by atoms with Crippen LogP contribution in [0.3, 0.4) is 0 Å². The van der Waals surface area contributed by atoms with Crippen LogP contribution in [0.25, 0.3) is 0 Å². The molecule has 0 aromatic rings. The normalized spacial score (nSPS) is 10.0. The van der Waals surface area contributed by atoms with Crippen LogP contribution in [0.2, 0.25) is 0 Å². The smallest absolute Gasteiger partial charge is 0.327 e. The Hall–Kier alpha value is -0.120. The van der Waals surface area contributed by atoms with E-state index < -0.39 is 6.48 Å². The van der Waals surface area contributed by atoms with E-state index >= 15 is 0 Å². The van der Waals surface area contributed by atoms with Crippen LogP contribution in [0.5, 0.6) is 0 Å². The Morgan fingerprint density at radius 3 is 2.17 bits per heavy atom. The molecule has 0 heterocycles. The molecule has 0 spiro atoms. The van der Waals surface area contributed by atoms with E-state index in [1.165, 1.54) is 0 Å². The van der Waals surface area contributed by atoms with Crippen LogP contribution in [-0.4, -0.2) is 13.1 Å². The van der Waals surface area contributed by atoms with Gasteiger partial charge in [-0.05, 0) is 6.92 Å². The fourth-order valence-corrected chi connectivity index (χ4v) is 0.136. The molecule has 0 atom stereocenters. The molecule has 0 fully saturated rings. The van der Waals surface area contributed by atoms with E-state index in [0.29, 0.717) is 0 Å². The molecular weight excluding hydrogens is 84.0 g/mol. The number of ether oxygens (including phenoxy) is 1. The first-order chi connectivity index (χ1) is 2.77. The highest BCUT2D eigenvalue weighted by atomic mass is 16.7. The third-order valence-corrected chi connectivity index (χ3v) is 0.303. The molecule has 0 aliphatic rings. The van der Waals surface area contributed by atoms with E-state index in [4.69, 9.17) is 0 Å². The predicted octanol–water partition coefficient (Wildman–Crippen LogP) is 0.167. The standard InChI is InChI=1S/C3H6O3/c1-2-6-3(4)5/h3H,2H2,1H3. The Labute approximate surface area is 36.2 Å². The van der Waals surface area contributed by atoms with Gasteiger partial charge in [-0.2, -0.15) is 10.2 Å². The predicted molar refractivity (Wildman–Crippen MR) is 16.8 cm³/mol. The third kappa shape index (κ3) is 3.88. The minimum absolute atomic E-state index is 0.206. The summed E-state index contributed by atoms with van der Waals surface area (Å²) in [5, 5.41) is 18.7. The molecule has 36 valence electrons. The highest BCUT2D eigenvalue weighted by Crippen LogP contribution is 1.77. The average molecular weight is 90.1 g/mol. The topological polar surface area (TPSA) is 49.0 Å². The van der Waals surface area contributed by atoms with Crippen LogP contribution < -0.4 is 0 Å². The monoisotopic (exact) mass is 90.0 g/mol. The van der Waals surface area contributed by atoms with Crippen molar-refractivity contribution in [1.29, 1.82) is 0 Å². The van der Waals surface area contributed by atoms with E-state index in [1.807, 2.05) is 0 Å². The van der Waals surface area contributed by atoms with E-state index in [9.17, 15) is 10.2 Å². The minimum atomic E-state index is -2.10. The summed E-state index contributed by atoms with van der Waals surface area (Å²) in [6, 6.07) is 0. The highest BCUT2D eigenvalue weighted by molar-refractivity contribution is 4.05. The minimum Gasteiger partial charge on any atom is -0.327 e. The second-order valence-corrected chi connectivity index (χ2v) is 0.744. The van der Waals surface area contributed by atoms with Gasteiger partial charge in [-0.25, -0.2) is 0 Å². The molecule has 0 aliphatic carbocycles. The molecule has 0 unspecified atom stereocenters. The highest BCUT2D eigenvalue weighted by Gasteiger charge is 1.94. The Balaban J connectivity index is 2.63. The van der Waals surface area contributed by atoms with Crippen molar-refractivity contribution >= 4 is 0 Å². The molecule has 0 saturated carbocycles. The quantitative estimate of drug-likeness (QED) is 0.446. The summed E-state index contributed by atoms with van der Waals surface area (Å²) in [6.45, 7) is -0.296. The van der Waals surface area contributed by atoms with Gasteiger partial charge in [0, 0.05) is 6.61 Å². The Kier molecular flexibility index (Phi) is 3.02. The van der Waals surface area contributed by atoms with Gasteiger partial charge in [0.2, 0.25) is 0 Å². The van der Waals surface area contributed by atoms with Crippen LogP contribution in [0.1, 0.15) is 6.92 Å². The van der Waals surface area contributed by atoms with Gasteiger partial charge in [-0.15, -0.1) is 0 Å². The first kappa shape index (κ1) is 5.88. The van der Waals surface area contributed by atoms with Crippen LogP contribution in [-0.2, 0) is 14.9 Å². The van der Waals surface area contributed by atoms with E-state index in [-0.39, 0.29) is 6.61 Å². The molecule has 3 nitrogen and oxygen atoms in total. The number of hydrogen-bond donors (Lipinski definition) is 0. The van der Waals surface area contributed by atoms with Crippen LogP contribution in [0.4, 0.5) is 0 Å². The van der Waals surface area contributed by atoms with Crippen molar-refractivity contribution < 1.29 is 14.9 Å². The lowest BCUT2D eigenvalue weighted by Crippen LogP contribution is -2.04. The van der Waals surface area contributed by atoms with E-state index in [2.05, 4.69) is 4.74 Å². The van der Waals surface area contributed by atoms with Crippen LogP contribution in [0, 0.1) is 0 Å². The first-order valence-electron chi connectivity index (χ1n) is 1.70. The third-order valence-electron chi connectivity index (χ3n) is 0.303. The molecule has 0 saturated heterocycles. The van der Waals surface area contributed by atoms with Crippen molar-refractivity contribution in [2.24, 2.45) is 0 Å². The summed E-state index contributed by atoms with van der Waals surface area (Å²) in [4.78, 5) is 0. The van der Waals surface area contributed by atoms with Crippen molar-refractivity contribution in [2.45, 2.75) is 13.4 Å². The summed E-state index contributed by atoms with van der Waals surface area (Å²) < 4.78 is 3.93. The maximum absolute atomic E-state index is 9.35. The van der Waals surface area contributed by atoms with Gasteiger partial charge in [0.15, 0.2) is 0 Å². The van der Waals surface area contributed by atoms with Gasteiger partial charge < -0.3 is 4.74 Å². The number of rotatable bonds is 2. The van der Waals surface area contributed by atoms with Gasteiger partial charge in [0.25, 0.3) is 0 Å². The Morgan fingerprint density at radius 2 is 2.17 bits per heavy atom. The van der Waals surface area contributed by atoms with E-state index in [0.717, 1.165) is 0 Å². The van der Waals surface area contributed by atoms with E-state index in [1.54, 1.807) is 6.92 Å². The molecule has 0 aromatic heterocycles. The SMILES string of the molecule is CCOC([O])[O]. The molecule has 0 aromatic carbocycles. The van der Waals surface area contributed by atoms with Crippen molar-refractivity contribution in [2.75, 3.05) is 6.61 Å². The Morgan fingerprint density at radius 1 is 1.67 bits per heavy atom. The lowest BCUT2D eigenvalue weighted by atomic mass is 10.9. The summed E-state index contributed by atoms with van der Waals surface area (Å²) in [5.74, 6) is 0. The van der Waals surface area contributed by atoms with Gasteiger partial charge in [-0.3, -0.25) is 0 Å². The van der Waals surface area contributed by atoms with Crippen molar-refractivity contribution in [3.05, 3.63) is 0 Å². The second-order valence-electron chi connectivity index (χ2n) is 0.744. The number of hydrogen-bond acceptors (Lipinski definition) is 1. The summed E-state index contributed by atoms with van der Waals surface area (Å²) >= 11 is 0. The van der Waals surface area contributed by atoms with Gasteiger partial charge in [0.05, 0.1) is 0 Å². The molecule has 0 N–H and O–H groups in total. The lowest BCUT2D eigenvalue weighted by Gasteiger charge is -1.92. The van der Waals surface area contributed by atoms with Crippen molar-refractivity contribution in [1.82, 2.24) is 0 Å². The maximum Gasteiger partial charge on any atom is 0.329 e. The zero-order valence-electron chi connectivity index (χ0n) is 3.51. The molecule has 0 bridgehead atoms. The van der Waals surface area contributed by atoms with Crippen molar-refractivity contribution in [3.63, 3.8) is 0 Å². The fraction of sp³-hybridized carbons (Fsp3) is 1.00. The zero-order chi connectivity index (χ0) is 4.99. The summed E-state index contributed by atoms with van der Waals surface area (Å²) in [5.41, 5.74) is 0.